The van der Waals surface area contributed by atoms with E-state index in [0.717, 1.165) is 23.9 Å². The van der Waals surface area contributed by atoms with E-state index in [4.69, 9.17) is 0 Å². The van der Waals surface area contributed by atoms with E-state index in [2.05, 4.69) is 38.1 Å². The molecule has 0 radical (unpaired) electrons. The number of hydrogen-bond donors (Lipinski definition) is 1. The van der Waals surface area contributed by atoms with Crippen molar-refractivity contribution >= 4 is 27.8 Å². The second kappa shape index (κ2) is 6.84. The van der Waals surface area contributed by atoms with Crippen LogP contribution in [0, 0.1) is 0 Å². The summed E-state index contributed by atoms with van der Waals surface area (Å²) < 4.78 is 0.844. The van der Waals surface area contributed by atoms with E-state index >= 15 is 0 Å². The van der Waals surface area contributed by atoms with Crippen molar-refractivity contribution in [2.45, 2.75) is 38.6 Å². The molecule has 1 atom stereocenters. The molecule has 0 aliphatic carbocycles. The zero-order valence-electron chi connectivity index (χ0n) is 11.1. The summed E-state index contributed by atoms with van der Waals surface area (Å²) in [6.45, 7) is 3.60. The van der Waals surface area contributed by atoms with Crippen LogP contribution in [0.15, 0.2) is 16.9 Å². The molecule has 2 heterocycles. The number of rotatable bonds is 4. The molecule has 0 unspecified atom stereocenters. The Morgan fingerprint density at radius 3 is 2.89 bits per heavy atom. The van der Waals surface area contributed by atoms with E-state index in [-0.39, 0.29) is 5.91 Å². The van der Waals surface area contributed by atoms with Gasteiger partial charge in [0, 0.05) is 37.9 Å². The maximum absolute atomic E-state index is 12.1. The minimum Gasteiger partial charge on any atom is -0.354 e. The Kier molecular flexibility index (Phi) is 5.13. The van der Waals surface area contributed by atoms with Gasteiger partial charge in [0.2, 0.25) is 11.9 Å². The average molecular weight is 327 g/mol. The van der Waals surface area contributed by atoms with Gasteiger partial charge in [0.25, 0.3) is 0 Å². The smallest absolute Gasteiger partial charge is 0.224 e. The summed E-state index contributed by atoms with van der Waals surface area (Å²) in [5.74, 6) is 0.777. The van der Waals surface area contributed by atoms with Gasteiger partial charge in [0.05, 0.1) is 4.47 Å². The molecule has 1 amide bonds. The van der Waals surface area contributed by atoms with Crippen LogP contribution >= 0.6 is 15.9 Å². The lowest BCUT2D eigenvalue weighted by atomic mass is 10.0. The molecule has 1 fully saturated rings. The normalized spacial score (nSPS) is 19.3. The Balaban J connectivity index is 1.75. The predicted octanol–water partition coefficient (Wildman–Crippen LogP) is 2.44. The molecule has 0 saturated carbocycles. The summed E-state index contributed by atoms with van der Waals surface area (Å²) in [5.41, 5.74) is 0. The Bertz CT molecular complexity index is 423. The van der Waals surface area contributed by atoms with E-state index in [0.29, 0.717) is 25.0 Å². The van der Waals surface area contributed by atoms with Crippen LogP contribution in [-0.2, 0) is 4.79 Å². The van der Waals surface area contributed by atoms with Crippen molar-refractivity contribution in [1.29, 1.82) is 0 Å². The SMILES string of the molecule is C[C@@H]1CCCCN1C(=O)CCNc1ncc(Br)cn1. The molecule has 1 saturated heterocycles. The molecule has 1 N–H and O–H groups in total. The predicted molar refractivity (Wildman–Crippen MR) is 77.9 cm³/mol. The fourth-order valence-electron chi connectivity index (χ4n) is 2.30. The highest BCUT2D eigenvalue weighted by Crippen LogP contribution is 2.17. The lowest BCUT2D eigenvalue weighted by molar-refractivity contribution is -0.134. The van der Waals surface area contributed by atoms with Gasteiger partial charge >= 0.3 is 0 Å². The second-order valence-corrected chi connectivity index (χ2v) is 5.75. The lowest BCUT2D eigenvalue weighted by Crippen LogP contribution is -2.42. The number of anilines is 1. The Morgan fingerprint density at radius 2 is 2.21 bits per heavy atom. The molecule has 5 nitrogen and oxygen atoms in total. The number of carbonyl (C=O) groups is 1. The third-order valence-corrected chi connectivity index (χ3v) is 3.78. The molecular weight excluding hydrogens is 308 g/mol. The van der Waals surface area contributed by atoms with Gasteiger partial charge in [-0.1, -0.05) is 0 Å². The van der Waals surface area contributed by atoms with Gasteiger partial charge in [-0.15, -0.1) is 0 Å². The van der Waals surface area contributed by atoms with Crippen molar-refractivity contribution in [3.8, 4) is 0 Å². The minimum atomic E-state index is 0.219. The first kappa shape index (κ1) is 14.2. The highest BCUT2D eigenvalue weighted by atomic mass is 79.9. The number of hydrogen-bond acceptors (Lipinski definition) is 4. The zero-order valence-corrected chi connectivity index (χ0v) is 12.7. The van der Waals surface area contributed by atoms with Crippen molar-refractivity contribution in [2.24, 2.45) is 0 Å². The van der Waals surface area contributed by atoms with Crippen LogP contribution in [-0.4, -0.2) is 39.9 Å². The third-order valence-electron chi connectivity index (χ3n) is 3.37. The number of amides is 1. The first-order valence-electron chi connectivity index (χ1n) is 6.67. The number of halogens is 1. The highest BCUT2D eigenvalue weighted by molar-refractivity contribution is 9.10. The summed E-state index contributed by atoms with van der Waals surface area (Å²) in [6.07, 6.45) is 7.34. The van der Waals surface area contributed by atoms with Gasteiger partial charge in [0.1, 0.15) is 0 Å². The summed E-state index contributed by atoms with van der Waals surface area (Å²) in [6, 6.07) is 0.380. The molecule has 6 heteroatoms. The third kappa shape index (κ3) is 4.16. The van der Waals surface area contributed by atoms with Crippen molar-refractivity contribution in [2.75, 3.05) is 18.4 Å². The first-order chi connectivity index (χ1) is 9.16. The van der Waals surface area contributed by atoms with Crippen LogP contribution in [0.2, 0.25) is 0 Å². The average Bonchev–Trinajstić information content (AvgIpc) is 2.41. The Morgan fingerprint density at radius 1 is 1.47 bits per heavy atom. The van der Waals surface area contributed by atoms with Gasteiger partial charge in [-0.2, -0.15) is 0 Å². The number of likely N-dealkylation sites (tertiary alicyclic amines) is 1. The molecule has 1 aliphatic rings. The van der Waals surface area contributed by atoms with Crippen molar-refractivity contribution in [3.63, 3.8) is 0 Å². The molecule has 1 aromatic heterocycles. The van der Waals surface area contributed by atoms with Gasteiger partial charge in [-0.05, 0) is 42.1 Å². The zero-order chi connectivity index (χ0) is 13.7. The molecule has 1 aliphatic heterocycles. The molecule has 0 aromatic carbocycles. The quantitative estimate of drug-likeness (QED) is 0.923. The van der Waals surface area contributed by atoms with Crippen molar-refractivity contribution in [1.82, 2.24) is 14.9 Å². The molecule has 104 valence electrons. The summed E-state index contributed by atoms with van der Waals surface area (Å²) in [7, 11) is 0. The fraction of sp³-hybridized carbons (Fsp3) is 0.615. The monoisotopic (exact) mass is 326 g/mol. The largest absolute Gasteiger partial charge is 0.354 e. The van der Waals surface area contributed by atoms with Crippen molar-refractivity contribution < 1.29 is 4.79 Å². The molecule has 0 spiro atoms. The standard InChI is InChI=1S/C13H19BrN4O/c1-10-4-2-3-7-18(10)12(19)5-6-15-13-16-8-11(14)9-17-13/h8-10H,2-7H2,1H3,(H,15,16,17)/t10-/m1/s1. The Hall–Kier alpha value is -1.17. The molecule has 2 rings (SSSR count). The lowest BCUT2D eigenvalue weighted by Gasteiger charge is -2.33. The number of carbonyl (C=O) groups excluding carboxylic acids is 1. The van der Waals surface area contributed by atoms with Crippen LogP contribution < -0.4 is 5.32 Å². The Labute approximate surface area is 121 Å². The summed E-state index contributed by atoms with van der Waals surface area (Å²) in [5, 5.41) is 3.07. The van der Waals surface area contributed by atoms with Crippen LogP contribution in [0.3, 0.4) is 0 Å². The number of nitrogens with zero attached hydrogens (tertiary/aromatic N) is 3. The maximum Gasteiger partial charge on any atom is 0.224 e. The van der Waals surface area contributed by atoms with E-state index < -0.39 is 0 Å². The van der Waals surface area contributed by atoms with E-state index in [1.54, 1.807) is 12.4 Å². The van der Waals surface area contributed by atoms with Crippen LogP contribution in [0.1, 0.15) is 32.6 Å². The van der Waals surface area contributed by atoms with Gasteiger partial charge in [-0.25, -0.2) is 9.97 Å². The molecule has 0 bridgehead atoms. The van der Waals surface area contributed by atoms with E-state index in [9.17, 15) is 4.79 Å². The molecular formula is C13H19BrN4O. The summed E-state index contributed by atoms with van der Waals surface area (Å²) in [4.78, 5) is 22.3. The molecule has 19 heavy (non-hydrogen) atoms. The molecule has 1 aromatic rings. The maximum atomic E-state index is 12.1. The van der Waals surface area contributed by atoms with E-state index in [1.165, 1.54) is 6.42 Å². The van der Waals surface area contributed by atoms with Gasteiger partial charge in [0.15, 0.2) is 0 Å². The number of piperidine rings is 1. The second-order valence-electron chi connectivity index (χ2n) is 4.83. The number of nitrogens with one attached hydrogen (secondary N) is 1. The van der Waals surface area contributed by atoms with Crippen LogP contribution in [0.25, 0.3) is 0 Å². The number of aromatic nitrogens is 2. The van der Waals surface area contributed by atoms with Crippen LogP contribution in [0.4, 0.5) is 5.95 Å². The van der Waals surface area contributed by atoms with E-state index in [1.807, 2.05) is 4.90 Å². The van der Waals surface area contributed by atoms with Gasteiger partial charge < -0.3 is 10.2 Å². The highest BCUT2D eigenvalue weighted by Gasteiger charge is 2.22. The minimum absolute atomic E-state index is 0.219. The fourth-order valence-corrected chi connectivity index (χ4v) is 2.50. The summed E-state index contributed by atoms with van der Waals surface area (Å²) >= 11 is 3.28. The first-order valence-corrected chi connectivity index (χ1v) is 7.47. The van der Waals surface area contributed by atoms with Crippen molar-refractivity contribution in [3.05, 3.63) is 16.9 Å². The van der Waals surface area contributed by atoms with Gasteiger partial charge in [-0.3, -0.25) is 4.79 Å². The topological polar surface area (TPSA) is 58.1 Å². The van der Waals surface area contributed by atoms with Crippen LogP contribution in [0.5, 0.6) is 0 Å².